The largest absolute Gasteiger partial charge is 0.487 e. The molecule has 2 aromatic rings. The van der Waals surface area contributed by atoms with E-state index in [1.807, 2.05) is 31.2 Å². The summed E-state index contributed by atoms with van der Waals surface area (Å²) in [6.45, 7) is 7.62. The average Bonchev–Trinajstić information content (AvgIpc) is 2.94. The molecule has 0 radical (unpaired) electrons. The first-order valence-corrected chi connectivity index (χ1v) is 7.05. The Morgan fingerprint density at radius 1 is 1.35 bits per heavy atom. The molecule has 0 bridgehead atoms. The van der Waals surface area contributed by atoms with Gasteiger partial charge in [-0.1, -0.05) is 6.92 Å². The maximum Gasteiger partial charge on any atom is 0.141 e. The maximum absolute atomic E-state index is 5.96. The van der Waals surface area contributed by atoms with Crippen molar-refractivity contribution in [2.75, 3.05) is 6.54 Å². The van der Waals surface area contributed by atoms with Gasteiger partial charge in [-0.15, -0.1) is 0 Å². The fraction of sp³-hybridized carbons (Fsp3) is 0.438. The fourth-order valence-electron chi connectivity index (χ4n) is 2.03. The highest BCUT2D eigenvalue weighted by Gasteiger charge is 2.09. The van der Waals surface area contributed by atoms with Gasteiger partial charge in [-0.25, -0.2) is 0 Å². The van der Waals surface area contributed by atoms with Crippen LogP contribution in [-0.2, 0) is 13.0 Å². The lowest BCUT2D eigenvalue weighted by atomic mass is 10.2. The Kier molecular flexibility index (Phi) is 5.18. The Labute approximate surface area is 120 Å². The van der Waals surface area contributed by atoms with E-state index in [4.69, 9.17) is 9.15 Å². The Bertz CT molecular complexity index is 523. The topological polar surface area (TPSA) is 47.3 Å². The van der Waals surface area contributed by atoms with Crippen LogP contribution in [0.1, 0.15) is 31.0 Å². The van der Waals surface area contributed by atoms with Gasteiger partial charge < -0.3 is 14.5 Å². The molecular formula is C16H22N2O2. The highest BCUT2D eigenvalue weighted by molar-refractivity contribution is 5.29. The van der Waals surface area contributed by atoms with Crippen molar-refractivity contribution in [3.05, 3.63) is 47.7 Å². The summed E-state index contributed by atoms with van der Waals surface area (Å²) in [4.78, 5) is 4.51. The second-order valence-corrected chi connectivity index (χ2v) is 4.89. The van der Waals surface area contributed by atoms with Crippen LogP contribution in [0.3, 0.4) is 0 Å². The number of furan rings is 1. The number of aryl methyl sites for hydroxylation is 2. The van der Waals surface area contributed by atoms with Crippen molar-refractivity contribution >= 4 is 0 Å². The highest BCUT2D eigenvalue weighted by Crippen LogP contribution is 2.18. The van der Waals surface area contributed by atoms with Crippen LogP contribution in [0.4, 0.5) is 0 Å². The third-order valence-electron chi connectivity index (χ3n) is 3.05. The summed E-state index contributed by atoms with van der Waals surface area (Å²) in [5.74, 6) is 1.81. The molecule has 20 heavy (non-hydrogen) atoms. The van der Waals surface area contributed by atoms with E-state index in [0.717, 1.165) is 35.9 Å². The van der Waals surface area contributed by atoms with Gasteiger partial charge in [0.2, 0.25) is 0 Å². The first-order chi connectivity index (χ1) is 9.69. The molecule has 108 valence electrons. The lowest BCUT2D eigenvalue weighted by Crippen LogP contribution is -2.28. The van der Waals surface area contributed by atoms with E-state index in [9.17, 15) is 0 Å². The van der Waals surface area contributed by atoms with E-state index in [0.29, 0.717) is 6.54 Å². The van der Waals surface area contributed by atoms with Gasteiger partial charge in [-0.05, 0) is 44.5 Å². The molecule has 0 fully saturated rings. The number of nitrogens with one attached hydrogen (secondary N) is 1. The minimum absolute atomic E-state index is 0.0831. The predicted octanol–water partition coefficient (Wildman–Crippen LogP) is 3.10. The van der Waals surface area contributed by atoms with Crippen LogP contribution in [0.5, 0.6) is 5.75 Å². The van der Waals surface area contributed by atoms with Crippen LogP contribution in [0, 0.1) is 6.92 Å². The quantitative estimate of drug-likeness (QED) is 0.842. The summed E-state index contributed by atoms with van der Waals surface area (Å²) in [5, 5.41) is 3.32. The first kappa shape index (κ1) is 14.6. The Hall–Kier alpha value is -1.81. The summed E-state index contributed by atoms with van der Waals surface area (Å²) >= 11 is 0. The number of nitrogens with zero attached hydrogens (tertiary/aromatic N) is 1. The van der Waals surface area contributed by atoms with Crippen molar-refractivity contribution in [3.8, 4) is 5.75 Å². The molecular weight excluding hydrogens is 252 g/mol. The molecule has 2 heterocycles. The van der Waals surface area contributed by atoms with E-state index in [1.54, 1.807) is 6.26 Å². The number of ether oxygens (including phenoxy) is 1. The van der Waals surface area contributed by atoms with Crippen molar-refractivity contribution < 1.29 is 9.15 Å². The number of hydrogen-bond acceptors (Lipinski definition) is 4. The minimum atomic E-state index is 0.0831. The molecule has 2 aromatic heterocycles. The monoisotopic (exact) mass is 274 g/mol. The number of hydrogen-bond donors (Lipinski definition) is 1. The van der Waals surface area contributed by atoms with Gasteiger partial charge >= 0.3 is 0 Å². The van der Waals surface area contributed by atoms with Crippen LogP contribution >= 0.6 is 0 Å². The third kappa shape index (κ3) is 4.10. The molecule has 0 saturated heterocycles. The van der Waals surface area contributed by atoms with Crippen molar-refractivity contribution in [2.24, 2.45) is 0 Å². The Morgan fingerprint density at radius 3 is 2.90 bits per heavy atom. The molecule has 0 aliphatic rings. The molecule has 0 saturated carbocycles. The van der Waals surface area contributed by atoms with E-state index >= 15 is 0 Å². The fourth-order valence-corrected chi connectivity index (χ4v) is 2.03. The van der Waals surface area contributed by atoms with Crippen molar-refractivity contribution in [2.45, 2.75) is 39.8 Å². The zero-order valence-corrected chi connectivity index (χ0v) is 12.3. The molecule has 0 spiro atoms. The summed E-state index contributed by atoms with van der Waals surface area (Å²) in [6, 6.07) is 7.84. The molecule has 0 aliphatic carbocycles. The maximum atomic E-state index is 5.96. The zero-order chi connectivity index (χ0) is 14.4. The van der Waals surface area contributed by atoms with E-state index < -0.39 is 0 Å². The molecule has 0 aromatic carbocycles. The molecule has 4 heteroatoms. The lowest BCUT2D eigenvalue weighted by molar-refractivity contribution is 0.212. The van der Waals surface area contributed by atoms with Gasteiger partial charge in [0.1, 0.15) is 17.6 Å². The average molecular weight is 274 g/mol. The predicted molar refractivity (Wildman–Crippen MR) is 78.9 cm³/mol. The first-order valence-electron chi connectivity index (χ1n) is 7.05. The standard InChI is InChI=1S/C16H22N2O2/c1-4-15-16(8-7-12(2)18-15)20-13(3)10-17-11-14-6-5-9-19-14/h5-9,13,17H,4,10-11H2,1-3H3. The van der Waals surface area contributed by atoms with Gasteiger partial charge in [0.25, 0.3) is 0 Å². The molecule has 1 N–H and O–H groups in total. The smallest absolute Gasteiger partial charge is 0.141 e. The summed E-state index contributed by atoms with van der Waals surface area (Å²) in [5.41, 5.74) is 2.04. The molecule has 0 amide bonds. The second kappa shape index (κ2) is 7.10. The van der Waals surface area contributed by atoms with E-state index in [2.05, 4.69) is 24.1 Å². The lowest BCUT2D eigenvalue weighted by Gasteiger charge is -2.17. The molecule has 0 aliphatic heterocycles. The SMILES string of the molecule is CCc1nc(C)ccc1OC(C)CNCc1ccco1. The minimum Gasteiger partial charge on any atom is -0.487 e. The Balaban J connectivity index is 1.83. The Morgan fingerprint density at radius 2 is 2.20 bits per heavy atom. The molecule has 1 unspecified atom stereocenters. The highest BCUT2D eigenvalue weighted by atomic mass is 16.5. The van der Waals surface area contributed by atoms with E-state index in [-0.39, 0.29) is 6.10 Å². The summed E-state index contributed by atoms with van der Waals surface area (Å²) < 4.78 is 11.2. The number of pyridine rings is 1. The zero-order valence-electron chi connectivity index (χ0n) is 12.3. The molecule has 1 atom stereocenters. The van der Waals surface area contributed by atoms with Crippen LogP contribution < -0.4 is 10.1 Å². The van der Waals surface area contributed by atoms with E-state index in [1.165, 1.54) is 0 Å². The van der Waals surface area contributed by atoms with Crippen LogP contribution in [-0.4, -0.2) is 17.6 Å². The van der Waals surface area contributed by atoms with Gasteiger partial charge in [-0.2, -0.15) is 0 Å². The van der Waals surface area contributed by atoms with Crippen molar-refractivity contribution in [1.82, 2.24) is 10.3 Å². The number of aromatic nitrogens is 1. The van der Waals surface area contributed by atoms with Crippen molar-refractivity contribution in [3.63, 3.8) is 0 Å². The van der Waals surface area contributed by atoms with Gasteiger partial charge in [0, 0.05) is 12.2 Å². The molecule has 2 rings (SSSR count). The number of rotatable bonds is 7. The van der Waals surface area contributed by atoms with Gasteiger partial charge in [0.05, 0.1) is 18.5 Å². The normalized spacial score (nSPS) is 12.3. The van der Waals surface area contributed by atoms with Crippen molar-refractivity contribution in [1.29, 1.82) is 0 Å². The van der Waals surface area contributed by atoms with Crippen LogP contribution in [0.15, 0.2) is 34.9 Å². The third-order valence-corrected chi connectivity index (χ3v) is 3.05. The summed E-state index contributed by atoms with van der Waals surface area (Å²) in [6.07, 6.45) is 2.64. The molecule has 4 nitrogen and oxygen atoms in total. The summed E-state index contributed by atoms with van der Waals surface area (Å²) in [7, 11) is 0. The van der Waals surface area contributed by atoms with Crippen LogP contribution in [0.25, 0.3) is 0 Å². The second-order valence-electron chi connectivity index (χ2n) is 4.89. The van der Waals surface area contributed by atoms with Gasteiger partial charge in [-0.3, -0.25) is 4.98 Å². The van der Waals surface area contributed by atoms with Gasteiger partial charge in [0.15, 0.2) is 0 Å². The van der Waals surface area contributed by atoms with Crippen LogP contribution in [0.2, 0.25) is 0 Å².